The van der Waals surface area contributed by atoms with Gasteiger partial charge in [0.2, 0.25) is 5.79 Å². The Labute approximate surface area is 145 Å². The van der Waals surface area contributed by atoms with Crippen LogP contribution >= 0.6 is 0 Å². The van der Waals surface area contributed by atoms with Gasteiger partial charge in [0.05, 0.1) is 0 Å². The highest BCUT2D eigenvalue weighted by Gasteiger charge is 2.38. The number of aromatic nitrogens is 4. The highest BCUT2D eigenvalue weighted by molar-refractivity contribution is 5.71. The van der Waals surface area contributed by atoms with Crippen molar-refractivity contribution in [1.82, 2.24) is 18.4 Å². The second-order valence-electron chi connectivity index (χ2n) is 5.73. The van der Waals surface area contributed by atoms with Gasteiger partial charge in [0.25, 0.3) is 0 Å². The van der Waals surface area contributed by atoms with Crippen molar-refractivity contribution in [3.63, 3.8) is 0 Å². The Hall–Kier alpha value is -3.41. The molecule has 6 heteroatoms. The minimum atomic E-state index is -0.805. The van der Waals surface area contributed by atoms with Crippen LogP contribution in [0.25, 0.3) is 0 Å². The Kier molecular flexibility index (Phi) is 3.78. The summed E-state index contributed by atoms with van der Waals surface area (Å²) in [4.78, 5) is 18.2. The first-order valence-electron chi connectivity index (χ1n) is 8.03. The molecule has 25 heavy (non-hydrogen) atoms. The molecule has 0 saturated heterocycles. The molecule has 4 aromatic heterocycles. The van der Waals surface area contributed by atoms with Crippen LogP contribution in [0.4, 0.5) is 0 Å². The second-order valence-corrected chi connectivity index (χ2v) is 5.73. The Morgan fingerprint density at radius 3 is 1.40 bits per heavy atom. The maximum atomic E-state index is 12.7. The third-order valence-corrected chi connectivity index (χ3v) is 4.22. The Bertz CT molecular complexity index is 820. The van der Waals surface area contributed by atoms with Crippen LogP contribution in [0, 0.1) is 0 Å². The van der Waals surface area contributed by atoms with Gasteiger partial charge in [-0.1, -0.05) is 0 Å². The lowest BCUT2D eigenvalue weighted by Gasteiger charge is -2.37. The number of carbonyl (C=O) groups is 1. The molecule has 4 aromatic rings. The van der Waals surface area contributed by atoms with Crippen LogP contribution in [-0.2, 0) is 10.6 Å². The third-order valence-electron chi connectivity index (χ3n) is 4.22. The number of hydrogen-bond acceptors (Lipinski definition) is 2. The van der Waals surface area contributed by atoms with E-state index < -0.39 is 5.79 Å². The summed E-state index contributed by atoms with van der Waals surface area (Å²) in [5, 5.41) is 0. The minimum absolute atomic E-state index is 0.114. The van der Waals surface area contributed by atoms with E-state index in [4.69, 9.17) is 4.84 Å². The Morgan fingerprint density at radius 1 is 0.640 bits per heavy atom. The zero-order chi connectivity index (χ0) is 17.1. The topological polar surface area (TPSA) is 46.0 Å². The van der Waals surface area contributed by atoms with Crippen molar-refractivity contribution in [1.29, 1.82) is 0 Å². The molecule has 126 valence electrons. The summed E-state index contributed by atoms with van der Waals surface area (Å²) in [6.07, 6.45) is 15.2. The smallest absolute Gasteiger partial charge is 0.337 e. The van der Waals surface area contributed by atoms with Crippen LogP contribution in [0.3, 0.4) is 0 Å². The minimum Gasteiger partial charge on any atom is -0.337 e. The van der Waals surface area contributed by atoms with Gasteiger partial charge in [-0.05, 0) is 48.5 Å². The van der Waals surface area contributed by atoms with Crippen molar-refractivity contribution in [3.05, 3.63) is 98.1 Å². The van der Waals surface area contributed by atoms with E-state index in [1.165, 1.54) is 4.73 Å². The fraction of sp³-hybridized carbons (Fsp3) is 0.105. The molecule has 0 saturated carbocycles. The zero-order valence-electron chi connectivity index (χ0n) is 13.6. The molecule has 0 unspecified atom stereocenters. The molecule has 0 aromatic carbocycles. The predicted molar refractivity (Wildman–Crippen MR) is 92.7 cm³/mol. The lowest BCUT2D eigenvalue weighted by atomic mass is 10.2. The highest BCUT2D eigenvalue weighted by Crippen LogP contribution is 2.27. The standard InChI is InChI=1S/C19H18N4O2/c24-18(25-23-15-7-8-16-23)17-19(20-9-1-2-10-20,21-11-3-4-12-21)22-13-5-6-14-22/h1-16H,17H2. The van der Waals surface area contributed by atoms with Crippen molar-refractivity contribution in [2.24, 2.45) is 0 Å². The quantitative estimate of drug-likeness (QED) is 0.544. The second kappa shape index (κ2) is 6.24. The molecule has 0 amide bonds. The van der Waals surface area contributed by atoms with Gasteiger partial charge in [0, 0.05) is 49.6 Å². The van der Waals surface area contributed by atoms with E-state index in [1.54, 1.807) is 12.4 Å². The third kappa shape index (κ3) is 2.67. The first-order valence-corrected chi connectivity index (χ1v) is 8.03. The fourth-order valence-corrected chi connectivity index (χ4v) is 3.12. The van der Waals surface area contributed by atoms with Crippen LogP contribution < -0.4 is 4.84 Å². The summed E-state index contributed by atoms with van der Waals surface area (Å²) in [5.41, 5.74) is 0. The van der Waals surface area contributed by atoms with E-state index in [9.17, 15) is 4.79 Å². The normalized spacial score (nSPS) is 11.5. The van der Waals surface area contributed by atoms with E-state index in [1.807, 2.05) is 99.4 Å². The molecule has 0 atom stereocenters. The Morgan fingerprint density at radius 2 is 1.00 bits per heavy atom. The average molecular weight is 334 g/mol. The number of carbonyl (C=O) groups excluding carboxylic acids is 1. The maximum Gasteiger partial charge on any atom is 0.339 e. The first kappa shape index (κ1) is 15.1. The van der Waals surface area contributed by atoms with Crippen LogP contribution in [0.5, 0.6) is 0 Å². The van der Waals surface area contributed by atoms with Gasteiger partial charge in [-0.3, -0.25) is 0 Å². The number of hydrogen-bond donors (Lipinski definition) is 0. The lowest BCUT2D eigenvalue weighted by molar-refractivity contribution is -0.147. The Balaban J connectivity index is 1.79. The van der Waals surface area contributed by atoms with E-state index in [0.717, 1.165) is 0 Å². The summed E-state index contributed by atoms with van der Waals surface area (Å²) in [5.74, 6) is -1.15. The molecule has 6 nitrogen and oxygen atoms in total. The molecule has 0 aliphatic carbocycles. The zero-order valence-corrected chi connectivity index (χ0v) is 13.6. The molecule has 0 radical (unpaired) electrons. The van der Waals surface area contributed by atoms with Crippen LogP contribution in [0.2, 0.25) is 0 Å². The van der Waals surface area contributed by atoms with Crippen molar-refractivity contribution >= 4 is 5.97 Å². The SMILES string of the molecule is O=C(CC(n1cccc1)(n1cccc1)n1cccc1)On1cccc1. The summed E-state index contributed by atoms with van der Waals surface area (Å²) >= 11 is 0. The number of rotatable bonds is 6. The van der Waals surface area contributed by atoms with Gasteiger partial charge in [0.15, 0.2) is 0 Å². The summed E-state index contributed by atoms with van der Waals surface area (Å²) in [7, 11) is 0. The largest absolute Gasteiger partial charge is 0.339 e. The molecule has 0 fully saturated rings. The van der Waals surface area contributed by atoms with Gasteiger partial charge in [-0.2, -0.15) is 4.73 Å². The van der Waals surface area contributed by atoms with Crippen LogP contribution in [0.15, 0.2) is 98.1 Å². The van der Waals surface area contributed by atoms with Crippen molar-refractivity contribution < 1.29 is 9.63 Å². The molecule has 0 spiro atoms. The van der Waals surface area contributed by atoms with E-state index >= 15 is 0 Å². The summed E-state index contributed by atoms with van der Waals surface area (Å²) < 4.78 is 7.42. The molecule has 0 aliphatic heterocycles. The number of nitrogens with zero attached hydrogens (tertiary/aromatic N) is 4. The van der Waals surface area contributed by atoms with E-state index in [0.29, 0.717) is 0 Å². The fourth-order valence-electron chi connectivity index (χ4n) is 3.12. The van der Waals surface area contributed by atoms with Crippen molar-refractivity contribution in [2.45, 2.75) is 12.2 Å². The molecule has 4 heterocycles. The van der Waals surface area contributed by atoms with Gasteiger partial charge in [-0.25, -0.2) is 4.79 Å². The lowest BCUT2D eigenvalue weighted by Crippen LogP contribution is -2.49. The summed E-state index contributed by atoms with van der Waals surface area (Å²) in [6, 6.07) is 15.3. The molecular weight excluding hydrogens is 316 g/mol. The average Bonchev–Trinajstić information content (AvgIpc) is 3.43. The molecule has 0 bridgehead atoms. The molecule has 4 rings (SSSR count). The molecule has 0 N–H and O–H groups in total. The van der Waals surface area contributed by atoms with Gasteiger partial charge in [0.1, 0.15) is 6.42 Å². The van der Waals surface area contributed by atoms with Gasteiger partial charge < -0.3 is 18.5 Å². The first-order chi connectivity index (χ1) is 12.3. The van der Waals surface area contributed by atoms with E-state index in [2.05, 4.69) is 0 Å². The van der Waals surface area contributed by atoms with Gasteiger partial charge in [-0.15, -0.1) is 0 Å². The molecular formula is C19H18N4O2. The van der Waals surface area contributed by atoms with Crippen molar-refractivity contribution in [3.8, 4) is 0 Å². The maximum absolute atomic E-state index is 12.7. The summed E-state index contributed by atoms with van der Waals surface area (Å²) in [6.45, 7) is 0. The molecule has 0 aliphatic rings. The van der Waals surface area contributed by atoms with Gasteiger partial charge >= 0.3 is 5.97 Å². The van der Waals surface area contributed by atoms with E-state index in [-0.39, 0.29) is 12.4 Å². The van der Waals surface area contributed by atoms with Crippen molar-refractivity contribution in [2.75, 3.05) is 0 Å². The van der Waals surface area contributed by atoms with Crippen LogP contribution in [-0.4, -0.2) is 24.4 Å². The highest BCUT2D eigenvalue weighted by atomic mass is 16.7. The predicted octanol–water partition coefficient (Wildman–Crippen LogP) is 2.65. The monoisotopic (exact) mass is 334 g/mol. The van der Waals surface area contributed by atoms with Crippen LogP contribution in [0.1, 0.15) is 6.42 Å².